The second-order valence-corrected chi connectivity index (χ2v) is 5.76. The van der Waals surface area contributed by atoms with Crippen LogP contribution in [0.5, 0.6) is 0 Å². The molecule has 0 aliphatic carbocycles. The molecule has 1 aromatic rings. The van der Waals surface area contributed by atoms with Gasteiger partial charge in [0, 0.05) is 13.1 Å². The second-order valence-electron chi connectivity index (χ2n) is 3.30. The van der Waals surface area contributed by atoms with Gasteiger partial charge in [-0.25, -0.2) is 0 Å². The van der Waals surface area contributed by atoms with Crippen molar-refractivity contribution in [1.29, 1.82) is 0 Å². The van der Waals surface area contributed by atoms with E-state index >= 15 is 0 Å². The summed E-state index contributed by atoms with van der Waals surface area (Å²) in [6, 6.07) is 3.67. The lowest BCUT2D eigenvalue weighted by Crippen LogP contribution is -2.28. The first-order valence-corrected chi connectivity index (χ1v) is 6.00. The minimum absolute atomic E-state index is 0.0252. The molecule has 0 saturated carbocycles. The number of nitrogens with zero attached hydrogens (tertiary/aromatic N) is 1. The van der Waals surface area contributed by atoms with Crippen LogP contribution in [0.3, 0.4) is 0 Å². The zero-order valence-electron chi connectivity index (χ0n) is 7.44. The number of hydrogen-bond donors (Lipinski definition) is 1. The van der Waals surface area contributed by atoms with Crippen LogP contribution >= 0.6 is 27.3 Å². The average molecular weight is 276 g/mol. The maximum atomic E-state index is 11.8. The van der Waals surface area contributed by atoms with Gasteiger partial charge in [0.25, 0.3) is 5.91 Å². The summed E-state index contributed by atoms with van der Waals surface area (Å²) < 4.78 is 0.959. The zero-order valence-corrected chi connectivity index (χ0v) is 9.84. The smallest absolute Gasteiger partial charge is 0.264 e. The zero-order chi connectivity index (χ0) is 10.1. The molecule has 1 N–H and O–H groups in total. The fourth-order valence-corrected chi connectivity index (χ4v) is 2.87. The Morgan fingerprint density at radius 3 is 2.93 bits per heavy atom. The van der Waals surface area contributed by atoms with Crippen molar-refractivity contribution in [3.05, 3.63) is 20.8 Å². The van der Waals surface area contributed by atoms with Gasteiger partial charge in [0.15, 0.2) is 0 Å². The van der Waals surface area contributed by atoms with Crippen LogP contribution in [-0.4, -0.2) is 35.1 Å². The Morgan fingerprint density at radius 1 is 1.64 bits per heavy atom. The van der Waals surface area contributed by atoms with E-state index in [1.165, 1.54) is 11.3 Å². The number of aliphatic hydroxyl groups is 1. The van der Waals surface area contributed by atoms with Gasteiger partial charge in [0.2, 0.25) is 0 Å². The van der Waals surface area contributed by atoms with E-state index in [0.29, 0.717) is 19.5 Å². The Bertz CT molecular complexity index is 352. The molecule has 1 saturated heterocycles. The van der Waals surface area contributed by atoms with E-state index in [4.69, 9.17) is 0 Å². The first-order valence-electron chi connectivity index (χ1n) is 4.39. The van der Waals surface area contributed by atoms with Crippen LogP contribution in [0.4, 0.5) is 0 Å². The molecule has 3 nitrogen and oxygen atoms in total. The predicted octanol–water partition coefficient (Wildman–Crippen LogP) is 1.72. The van der Waals surface area contributed by atoms with Gasteiger partial charge in [0.05, 0.1) is 14.8 Å². The summed E-state index contributed by atoms with van der Waals surface area (Å²) in [5.74, 6) is 0.0252. The highest BCUT2D eigenvalue weighted by Crippen LogP contribution is 2.24. The summed E-state index contributed by atoms with van der Waals surface area (Å²) in [5.41, 5.74) is 0. The molecule has 2 heterocycles. The van der Waals surface area contributed by atoms with Gasteiger partial charge in [-0.15, -0.1) is 11.3 Å². The second kappa shape index (κ2) is 4.00. The molecule has 0 bridgehead atoms. The molecule has 5 heteroatoms. The molecular formula is C9H10BrNO2S. The van der Waals surface area contributed by atoms with Crippen LogP contribution in [-0.2, 0) is 0 Å². The number of hydrogen-bond acceptors (Lipinski definition) is 3. The van der Waals surface area contributed by atoms with Crippen LogP contribution in [0.15, 0.2) is 15.9 Å². The van der Waals surface area contributed by atoms with E-state index in [9.17, 15) is 9.90 Å². The van der Waals surface area contributed by atoms with Crippen molar-refractivity contribution in [3.63, 3.8) is 0 Å². The van der Waals surface area contributed by atoms with Gasteiger partial charge < -0.3 is 10.0 Å². The van der Waals surface area contributed by atoms with Crippen LogP contribution in [0.2, 0.25) is 0 Å². The molecule has 0 radical (unpaired) electrons. The number of thiophene rings is 1. The monoisotopic (exact) mass is 275 g/mol. The van der Waals surface area contributed by atoms with Crippen LogP contribution in [0.25, 0.3) is 0 Å². The number of carbonyl (C=O) groups excluding carboxylic acids is 1. The van der Waals surface area contributed by atoms with Gasteiger partial charge in [0.1, 0.15) is 0 Å². The topological polar surface area (TPSA) is 40.5 Å². The van der Waals surface area contributed by atoms with E-state index < -0.39 is 0 Å². The maximum Gasteiger partial charge on any atom is 0.264 e. The minimum Gasteiger partial charge on any atom is -0.391 e. The molecule has 76 valence electrons. The molecular weight excluding hydrogens is 266 g/mol. The van der Waals surface area contributed by atoms with E-state index in [-0.39, 0.29) is 12.0 Å². The van der Waals surface area contributed by atoms with Gasteiger partial charge in [-0.2, -0.15) is 0 Å². The van der Waals surface area contributed by atoms with Crippen molar-refractivity contribution < 1.29 is 9.90 Å². The van der Waals surface area contributed by atoms with Crippen molar-refractivity contribution in [2.75, 3.05) is 13.1 Å². The number of aliphatic hydroxyl groups excluding tert-OH is 1. The van der Waals surface area contributed by atoms with Crippen LogP contribution < -0.4 is 0 Å². The molecule has 1 aromatic heterocycles. The normalized spacial score (nSPS) is 21.6. The Morgan fingerprint density at radius 2 is 2.43 bits per heavy atom. The van der Waals surface area contributed by atoms with Gasteiger partial charge in [-0.1, -0.05) is 0 Å². The molecule has 1 atom stereocenters. The van der Waals surface area contributed by atoms with Crippen molar-refractivity contribution in [1.82, 2.24) is 4.90 Å². The first-order chi connectivity index (χ1) is 6.66. The van der Waals surface area contributed by atoms with Crippen LogP contribution in [0.1, 0.15) is 16.1 Å². The third kappa shape index (κ3) is 1.99. The number of carbonyl (C=O) groups is 1. The standard InChI is InChI=1S/C9H10BrNO2S/c10-8-2-1-7(14-8)9(13)11-4-3-6(12)5-11/h1-2,6,12H,3-5H2. The molecule has 0 aromatic carbocycles. The van der Waals surface area contributed by atoms with Crippen LogP contribution in [0, 0.1) is 0 Å². The highest BCUT2D eigenvalue weighted by Gasteiger charge is 2.25. The van der Waals surface area contributed by atoms with E-state index in [2.05, 4.69) is 15.9 Å². The lowest BCUT2D eigenvalue weighted by Gasteiger charge is -2.13. The number of likely N-dealkylation sites (tertiary alicyclic amines) is 1. The summed E-state index contributed by atoms with van der Waals surface area (Å²) in [4.78, 5) is 14.2. The predicted molar refractivity (Wildman–Crippen MR) is 58.5 cm³/mol. The molecule has 1 aliphatic rings. The summed E-state index contributed by atoms with van der Waals surface area (Å²) in [6.07, 6.45) is 0.348. The van der Waals surface area contributed by atoms with Crippen molar-refractivity contribution >= 4 is 33.2 Å². The van der Waals surface area contributed by atoms with Gasteiger partial charge in [-0.05, 0) is 34.5 Å². The maximum absolute atomic E-state index is 11.8. The number of amides is 1. The fraction of sp³-hybridized carbons (Fsp3) is 0.444. The first kappa shape index (κ1) is 10.1. The van der Waals surface area contributed by atoms with Crippen molar-refractivity contribution in [3.8, 4) is 0 Å². The molecule has 14 heavy (non-hydrogen) atoms. The lowest BCUT2D eigenvalue weighted by molar-refractivity contribution is 0.0769. The van der Waals surface area contributed by atoms with Gasteiger partial charge in [-0.3, -0.25) is 4.79 Å². The highest BCUT2D eigenvalue weighted by molar-refractivity contribution is 9.11. The van der Waals surface area contributed by atoms with E-state index in [0.717, 1.165) is 8.66 Å². The molecule has 2 rings (SSSR count). The number of β-amino-alcohol motifs (C(OH)–C–C–N with tert-alkyl or cyclic N) is 1. The lowest BCUT2D eigenvalue weighted by atomic mass is 10.3. The van der Waals surface area contributed by atoms with E-state index in [1.54, 1.807) is 4.90 Å². The van der Waals surface area contributed by atoms with Crippen molar-refractivity contribution in [2.24, 2.45) is 0 Å². The largest absolute Gasteiger partial charge is 0.391 e. The molecule has 1 fully saturated rings. The molecule has 1 unspecified atom stereocenters. The Labute approximate surface area is 94.5 Å². The Kier molecular flexibility index (Phi) is 2.90. The molecule has 1 aliphatic heterocycles. The fourth-order valence-electron chi connectivity index (χ4n) is 1.51. The Hall–Kier alpha value is -0.390. The number of halogens is 1. The third-order valence-electron chi connectivity index (χ3n) is 2.23. The quantitative estimate of drug-likeness (QED) is 0.848. The Balaban J connectivity index is 2.09. The van der Waals surface area contributed by atoms with Gasteiger partial charge >= 0.3 is 0 Å². The summed E-state index contributed by atoms with van der Waals surface area (Å²) in [5, 5.41) is 9.30. The summed E-state index contributed by atoms with van der Waals surface area (Å²) >= 11 is 4.75. The third-order valence-corrected chi connectivity index (χ3v) is 3.85. The number of rotatable bonds is 1. The average Bonchev–Trinajstić information content (AvgIpc) is 2.73. The highest BCUT2D eigenvalue weighted by atomic mass is 79.9. The molecule has 0 spiro atoms. The summed E-state index contributed by atoms with van der Waals surface area (Å²) in [6.45, 7) is 1.13. The molecule has 1 amide bonds. The van der Waals surface area contributed by atoms with E-state index in [1.807, 2.05) is 12.1 Å². The SMILES string of the molecule is O=C(c1ccc(Br)s1)N1CCC(O)C1. The van der Waals surface area contributed by atoms with Crippen molar-refractivity contribution in [2.45, 2.75) is 12.5 Å². The summed E-state index contributed by atoms with van der Waals surface area (Å²) in [7, 11) is 0. The minimum atomic E-state index is -0.345.